The van der Waals surface area contributed by atoms with Crippen LogP contribution in [-0.2, 0) is 19.1 Å². The molecule has 0 aliphatic carbocycles. The van der Waals surface area contributed by atoms with Crippen molar-refractivity contribution in [3.8, 4) is 0 Å². The van der Waals surface area contributed by atoms with Gasteiger partial charge in [-0.05, 0) is 131 Å². The Bertz CT molecular complexity index is 2150. The van der Waals surface area contributed by atoms with Crippen molar-refractivity contribution < 1.29 is 19.1 Å². The number of aromatic nitrogens is 4. The van der Waals surface area contributed by atoms with Gasteiger partial charge in [0, 0.05) is 34.4 Å². The van der Waals surface area contributed by atoms with E-state index >= 15 is 0 Å². The zero-order chi connectivity index (χ0) is 33.8. The van der Waals surface area contributed by atoms with Crippen molar-refractivity contribution in [1.82, 2.24) is 19.9 Å². The highest BCUT2D eigenvalue weighted by atomic mass is 16.5. The lowest BCUT2D eigenvalue weighted by Crippen LogP contribution is -1.95. The quantitative estimate of drug-likeness (QED) is 0.224. The highest BCUT2D eigenvalue weighted by Crippen LogP contribution is 2.40. The normalized spacial score (nSPS) is 13.5. The van der Waals surface area contributed by atoms with E-state index in [-0.39, 0.29) is 0 Å². The zero-order valence-corrected chi connectivity index (χ0v) is 28.8. The summed E-state index contributed by atoms with van der Waals surface area (Å²) >= 11 is 0. The fourth-order valence-electron chi connectivity index (χ4n) is 6.43. The highest BCUT2D eigenvalue weighted by Gasteiger charge is 2.25. The van der Waals surface area contributed by atoms with Crippen molar-refractivity contribution in [2.45, 2.75) is 69.2 Å². The predicted octanol–water partition coefficient (Wildman–Crippen LogP) is 8.44. The number of hydrogen-bond acceptors (Lipinski definition) is 6. The van der Waals surface area contributed by atoms with Gasteiger partial charge in [0.25, 0.3) is 0 Å². The van der Waals surface area contributed by atoms with Gasteiger partial charge in [0.1, 0.15) is 0 Å². The standard InChI is InChI=1S/C38H42N4O4/c1-17-18(2)32-26(10)34-20(4)22(6)36(41-34)28(14-16-30(44)46-12)38-24(8)23(7)37(42-38)27(13-15-29(43)45-11)35-21(5)19(3)33(40-35)25(9)31(17)39-32/h13-16,40,42H,1-12H3/b15-13+,16-14+,31-25?,32-26?,33-25?,34-26?,35-27?,36-28?,37-27?,38-28?. The minimum absolute atomic E-state index is 0.455. The number of allylic oxidation sites excluding steroid dienone is 4. The SMILES string of the molecule is COC(=O)/C=C/c1c2nc(c(C)c3nc(c(C)c4[nH]c(c(C)c4C)c(/C=C/C(=O)OC)c4[nH]c1c(C)c4C)C(C)=C3C)C(C)=C2C. The molecule has 3 aromatic rings. The summed E-state index contributed by atoms with van der Waals surface area (Å²) in [5, 5.41) is 0. The van der Waals surface area contributed by atoms with Gasteiger partial charge >= 0.3 is 11.9 Å². The number of aryl methyl sites for hydroxylation is 5. The molecule has 3 aromatic heterocycles. The third-order valence-corrected chi connectivity index (χ3v) is 9.80. The number of rotatable bonds is 4. The smallest absolute Gasteiger partial charge is 0.330 e. The number of aromatic amines is 2. The third-order valence-electron chi connectivity index (χ3n) is 9.80. The lowest BCUT2D eigenvalue weighted by Gasteiger charge is -2.03. The fourth-order valence-corrected chi connectivity index (χ4v) is 6.43. The van der Waals surface area contributed by atoms with Gasteiger partial charge in [0.15, 0.2) is 0 Å². The number of carbonyl (C=O) groups is 2. The Balaban J connectivity index is 2.15. The Labute approximate surface area is 270 Å². The molecule has 0 saturated heterocycles. The molecule has 0 saturated carbocycles. The fraction of sp³-hybridized carbons (Fsp3) is 0.316. The molecule has 46 heavy (non-hydrogen) atoms. The molecule has 0 unspecified atom stereocenters. The van der Waals surface area contributed by atoms with E-state index in [0.29, 0.717) is 0 Å². The summed E-state index contributed by atoms with van der Waals surface area (Å²) in [5.74, 6) is -0.919. The Morgan fingerprint density at radius 2 is 0.826 bits per heavy atom. The van der Waals surface area contributed by atoms with Gasteiger partial charge in [-0.15, -0.1) is 0 Å². The lowest BCUT2D eigenvalue weighted by atomic mass is 9.99. The van der Waals surface area contributed by atoms with Crippen molar-refractivity contribution in [1.29, 1.82) is 0 Å². The molecule has 0 radical (unpaired) electrons. The molecule has 8 nitrogen and oxygen atoms in total. The van der Waals surface area contributed by atoms with Gasteiger partial charge in [0.05, 0.1) is 53.5 Å². The first-order valence-electron chi connectivity index (χ1n) is 15.3. The minimum atomic E-state index is -0.464. The van der Waals surface area contributed by atoms with Gasteiger partial charge in [-0.1, -0.05) is 0 Å². The maximum atomic E-state index is 12.4. The first-order valence-corrected chi connectivity index (χ1v) is 15.3. The van der Waals surface area contributed by atoms with Crippen LogP contribution in [0.4, 0.5) is 0 Å². The van der Waals surface area contributed by atoms with E-state index in [2.05, 4.69) is 72.3 Å². The number of nitrogens with one attached hydrogen (secondary N) is 2. The zero-order valence-electron chi connectivity index (χ0n) is 28.8. The number of ether oxygens (including phenoxy) is 2. The van der Waals surface area contributed by atoms with Crippen molar-refractivity contribution in [3.05, 3.63) is 79.4 Å². The van der Waals surface area contributed by atoms with Gasteiger partial charge in [-0.2, -0.15) is 0 Å². The summed E-state index contributed by atoms with van der Waals surface area (Å²) in [6, 6.07) is 0. The second kappa shape index (κ2) is 12.1. The van der Waals surface area contributed by atoms with Crippen molar-refractivity contribution in [2.75, 3.05) is 14.2 Å². The molecule has 238 valence electrons. The minimum Gasteiger partial charge on any atom is -0.466 e. The first-order chi connectivity index (χ1) is 21.7. The average molecular weight is 619 g/mol. The van der Waals surface area contributed by atoms with Crippen LogP contribution in [0, 0.1) is 41.5 Å². The highest BCUT2D eigenvalue weighted by molar-refractivity contribution is 6.01. The van der Waals surface area contributed by atoms with E-state index in [9.17, 15) is 9.59 Å². The molecule has 0 fully saturated rings. The van der Waals surface area contributed by atoms with Crippen molar-refractivity contribution in [2.24, 2.45) is 0 Å². The van der Waals surface area contributed by atoms with Gasteiger partial charge in [-0.25, -0.2) is 19.6 Å². The maximum absolute atomic E-state index is 12.4. The van der Waals surface area contributed by atoms with Crippen LogP contribution in [0.15, 0.2) is 12.2 Å². The number of esters is 2. The molecule has 5 rings (SSSR count). The van der Waals surface area contributed by atoms with Gasteiger partial charge in [0.2, 0.25) is 0 Å². The molecule has 2 aliphatic heterocycles. The second-order valence-corrected chi connectivity index (χ2v) is 12.2. The topological polar surface area (TPSA) is 110 Å². The van der Waals surface area contributed by atoms with E-state index in [1.54, 1.807) is 12.2 Å². The van der Waals surface area contributed by atoms with Crippen LogP contribution < -0.4 is 0 Å². The summed E-state index contributed by atoms with van der Waals surface area (Å²) in [5.41, 5.74) is 19.1. The Hall–Kier alpha value is -4.98. The van der Waals surface area contributed by atoms with E-state index in [1.165, 1.54) is 26.4 Å². The second-order valence-electron chi connectivity index (χ2n) is 12.2. The number of H-pyrrole nitrogens is 2. The molecular formula is C38H42N4O4. The number of carbonyl (C=O) groups excluding carboxylic acids is 2. The molecular weight excluding hydrogens is 576 g/mol. The average Bonchev–Trinajstić information content (AvgIpc) is 3.71. The molecule has 0 atom stereocenters. The molecule has 8 heteroatoms. The number of nitrogens with zero attached hydrogens (tertiary/aromatic N) is 2. The summed E-state index contributed by atoms with van der Waals surface area (Å²) in [6.45, 7) is 20.9. The predicted molar refractivity (Wildman–Crippen MR) is 188 cm³/mol. The van der Waals surface area contributed by atoms with E-state index in [1.807, 2.05) is 6.92 Å². The molecule has 2 N–H and O–H groups in total. The Morgan fingerprint density at radius 3 is 1.30 bits per heavy atom. The third kappa shape index (κ3) is 5.11. The van der Waals surface area contributed by atoms with E-state index < -0.39 is 11.9 Å². The molecule has 0 spiro atoms. The molecule has 5 heterocycles. The van der Waals surface area contributed by atoms with Gasteiger partial charge < -0.3 is 19.4 Å². The van der Waals surface area contributed by atoms with Gasteiger partial charge in [-0.3, -0.25) is 0 Å². The van der Waals surface area contributed by atoms with Crippen LogP contribution in [0.2, 0.25) is 0 Å². The van der Waals surface area contributed by atoms with E-state index in [0.717, 1.165) is 112 Å². The first kappa shape index (κ1) is 32.4. The van der Waals surface area contributed by atoms with Crippen LogP contribution in [-0.4, -0.2) is 46.1 Å². The van der Waals surface area contributed by atoms with Crippen LogP contribution in [0.5, 0.6) is 0 Å². The number of fused-ring (bicyclic) bond motifs is 8. The summed E-state index contributed by atoms with van der Waals surface area (Å²) in [6.07, 6.45) is 6.42. The van der Waals surface area contributed by atoms with Crippen LogP contribution >= 0.6 is 0 Å². The largest absolute Gasteiger partial charge is 0.466 e. The summed E-state index contributed by atoms with van der Waals surface area (Å²) in [4.78, 5) is 42.6. The molecule has 8 bridgehead atoms. The van der Waals surface area contributed by atoms with Crippen molar-refractivity contribution in [3.63, 3.8) is 0 Å². The van der Waals surface area contributed by atoms with Crippen LogP contribution in [0.25, 0.3) is 56.5 Å². The van der Waals surface area contributed by atoms with E-state index in [4.69, 9.17) is 19.4 Å². The molecule has 0 amide bonds. The monoisotopic (exact) mass is 618 g/mol. The number of hydrogen-bond donors (Lipinski definition) is 2. The molecule has 0 aromatic carbocycles. The Morgan fingerprint density at radius 1 is 0.478 bits per heavy atom. The Kier molecular flexibility index (Phi) is 8.51. The lowest BCUT2D eigenvalue weighted by molar-refractivity contribution is -0.135. The van der Waals surface area contributed by atoms with Crippen LogP contribution in [0.1, 0.15) is 95.0 Å². The maximum Gasteiger partial charge on any atom is 0.330 e. The summed E-state index contributed by atoms with van der Waals surface area (Å²) < 4.78 is 9.92. The van der Waals surface area contributed by atoms with Crippen LogP contribution in [0.3, 0.4) is 0 Å². The summed E-state index contributed by atoms with van der Waals surface area (Å²) in [7, 11) is 2.73. The molecule has 2 aliphatic rings. The number of methoxy groups -OCH3 is 2. The van der Waals surface area contributed by atoms with Crippen molar-refractivity contribution >= 4 is 68.4 Å².